The third kappa shape index (κ3) is 4.52. The Morgan fingerprint density at radius 2 is 1.87 bits per heavy atom. The molecule has 2 saturated heterocycles. The number of rotatable bonds is 5. The molecule has 0 radical (unpaired) electrons. The molecule has 2 aromatic heterocycles. The first-order valence-electron chi connectivity index (χ1n) is 12.4. The van der Waals surface area contributed by atoms with E-state index in [0.29, 0.717) is 36.9 Å². The van der Waals surface area contributed by atoms with Crippen LogP contribution < -0.4 is 10.2 Å². The van der Waals surface area contributed by atoms with Crippen LogP contribution in [0, 0.1) is 13.8 Å². The molecule has 4 aromatic rings. The Morgan fingerprint density at radius 1 is 1.08 bits per heavy atom. The first kappa shape index (κ1) is 24.5. The van der Waals surface area contributed by atoms with Gasteiger partial charge in [-0.3, -0.25) is 4.79 Å². The van der Waals surface area contributed by atoms with Crippen molar-refractivity contribution in [2.45, 2.75) is 25.9 Å². The van der Waals surface area contributed by atoms with Crippen molar-refractivity contribution >= 4 is 32.5 Å². The molecule has 4 heterocycles. The molecule has 0 saturated carbocycles. The van der Waals surface area contributed by atoms with E-state index in [1.807, 2.05) is 50.2 Å². The molecule has 10 nitrogen and oxygen atoms in total. The van der Waals surface area contributed by atoms with Gasteiger partial charge in [0.25, 0.3) is 5.91 Å². The Balaban J connectivity index is 1.47. The Morgan fingerprint density at radius 3 is 2.58 bits per heavy atom. The molecule has 0 bridgehead atoms. The van der Waals surface area contributed by atoms with Crippen molar-refractivity contribution < 1.29 is 22.5 Å². The lowest BCUT2D eigenvalue weighted by Crippen LogP contribution is -2.53. The lowest BCUT2D eigenvalue weighted by Gasteiger charge is -2.37. The van der Waals surface area contributed by atoms with Crippen LogP contribution in [-0.2, 0) is 14.6 Å². The molecular weight excluding hydrogens is 506 g/mol. The van der Waals surface area contributed by atoms with Gasteiger partial charge >= 0.3 is 0 Å². The third-order valence-electron chi connectivity index (χ3n) is 7.03. The van der Waals surface area contributed by atoms with Crippen molar-refractivity contribution in [2.24, 2.45) is 0 Å². The number of hydrogen-bond donors (Lipinski definition) is 1. The zero-order chi connectivity index (χ0) is 26.4. The van der Waals surface area contributed by atoms with E-state index in [1.165, 1.54) is 0 Å². The normalized spacial score (nSPS) is 19.3. The fraction of sp³-hybridized carbons (Fsp3) is 0.333. The molecular formula is C27H27N5O5S. The zero-order valence-electron chi connectivity index (χ0n) is 21.0. The maximum absolute atomic E-state index is 13.1. The van der Waals surface area contributed by atoms with Gasteiger partial charge in [-0.25, -0.2) is 18.4 Å². The number of fused-ring (bicyclic) bond motifs is 1. The molecule has 2 aliphatic heterocycles. The number of carbonyl (C=O) groups excluding carboxylic acids is 1. The van der Waals surface area contributed by atoms with Gasteiger partial charge in [-0.1, -0.05) is 41.6 Å². The highest BCUT2D eigenvalue weighted by atomic mass is 32.2. The van der Waals surface area contributed by atoms with Gasteiger partial charge in [-0.15, -0.1) is 0 Å². The van der Waals surface area contributed by atoms with Crippen LogP contribution in [0.4, 0.5) is 5.82 Å². The second-order valence-electron chi connectivity index (χ2n) is 9.74. The molecule has 1 N–H and O–H groups in total. The smallest absolute Gasteiger partial charge is 0.289 e. The van der Waals surface area contributed by atoms with Gasteiger partial charge in [0.05, 0.1) is 48.0 Å². The fourth-order valence-electron chi connectivity index (χ4n) is 5.19. The van der Waals surface area contributed by atoms with Gasteiger partial charge in [0.1, 0.15) is 11.6 Å². The van der Waals surface area contributed by atoms with Gasteiger partial charge in [0.2, 0.25) is 5.82 Å². The highest BCUT2D eigenvalue weighted by molar-refractivity contribution is 7.92. The molecule has 38 heavy (non-hydrogen) atoms. The van der Waals surface area contributed by atoms with E-state index in [4.69, 9.17) is 14.2 Å². The molecule has 2 aliphatic rings. The predicted octanol–water partition coefficient (Wildman–Crippen LogP) is 3.01. The van der Waals surface area contributed by atoms with E-state index in [0.717, 1.165) is 27.8 Å². The molecule has 11 heteroatoms. The molecule has 196 valence electrons. The van der Waals surface area contributed by atoms with Crippen molar-refractivity contribution in [1.82, 2.24) is 20.4 Å². The van der Waals surface area contributed by atoms with E-state index >= 15 is 0 Å². The topological polar surface area (TPSA) is 128 Å². The third-order valence-corrected chi connectivity index (χ3v) is 8.85. The molecule has 1 atom stereocenters. The Bertz CT molecular complexity index is 1610. The van der Waals surface area contributed by atoms with Crippen LogP contribution in [0.25, 0.3) is 22.0 Å². The highest BCUT2D eigenvalue weighted by Gasteiger charge is 2.35. The van der Waals surface area contributed by atoms with Crippen LogP contribution in [0.2, 0.25) is 0 Å². The van der Waals surface area contributed by atoms with Crippen LogP contribution in [-0.4, -0.2) is 66.8 Å². The van der Waals surface area contributed by atoms with Crippen molar-refractivity contribution in [1.29, 1.82) is 0 Å². The molecule has 6 rings (SSSR count). The van der Waals surface area contributed by atoms with Crippen LogP contribution in [0.5, 0.6) is 0 Å². The number of aromatic nitrogens is 3. The van der Waals surface area contributed by atoms with E-state index < -0.39 is 21.8 Å². The van der Waals surface area contributed by atoms with Gasteiger partial charge in [-0.05, 0) is 37.1 Å². The van der Waals surface area contributed by atoms with Gasteiger partial charge in [-0.2, -0.15) is 0 Å². The first-order chi connectivity index (χ1) is 18.3. The second-order valence-corrected chi connectivity index (χ2v) is 11.9. The summed E-state index contributed by atoms with van der Waals surface area (Å²) in [6.45, 7) is 5.33. The van der Waals surface area contributed by atoms with E-state index in [9.17, 15) is 13.2 Å². The number of ether oxygens (including phenoxy) is 1. The summed E-state index contributed by atoms with van der Waals surface area (Å²) in [4.78, 5) is 24.6. The van der Waals surface area contributed by atoms with E-state index in [1.54, 1.807) is 0 Å². The van der Waals surface area contributed by atoms with Crippen LogP contribution >= 0.6 is 0 Å². The van der Waals surface area contributed by atoms with Crippen LogP contribution in [0.3, 0.4) is 0 Å². The molecule has 2 fully saturated rings. The summed E-state index contributed by atoms with van der Waals surface area (Å²) in [5, 5.41) is 7.65. The number of amides is 1. The van der Waals surface area contributed by atoms with E-state index in [-0.39, 0.29) is 23.4 Å². The number of nitrogens with zero attached hydrogens (tertiary/aromatic N) is 4. The number of morpholine rings is 1. The van der Waals surface area contributed by atoms with Gasteiger partial charge in [0, 0.05) is 17.5 Å². The van der Waals surface area contributed by atoms with Crippen molar-refractivity contribution in [3.8, 4) is 11.1 Å². The minimum absolute atomic E-state index is 0.000176. The largest absolute Gasteiger partial charge is 0.377 e. The summed E-state index contributed by atoms with van der Waals surface area (Å²) in [7, 11) is -3.08. The van der Waals surface area contributed by atoms with Gasteiger partial charge < -0.3 is 19.5 Å². The number of anilines is 1. The summed E-state index contributed by atoms with van der Waals surface area (Å²) in [5.41, 5.74) is 4.29. The summed E-state index contributed by atoms with van der Waals surface area (Å²) >= 11 is 0. The average Bonchev–Trinajstić information content (AvgIpc) is 3.24. The van der Waals surface area contributed by atoms with Crippen LogP contribution in [0.1, 0.15) is 33.7 Å². The minimum Gasteiger partial charge on any atom is -0.377 e. The maximum atomic E-state index is 13.1. The molecule has 2 aromatic carbocycles. The van der Waals surface area contributed by atoms with Gasteiger partial charge in [0.15, 0.2) is 9.84 Å². The summed E-state index contributed by atoms with van der Waals surface area (Å²) in [6.07, 6.45) is 0. The number of benzene rings is 2. The summed E-state index contributed by atoms with van der Waals surface area (Å²) in [6, 6.07) is 15.3. The predicted molar refractivity (Wildman–Crippen MR) is 142 cm³/mol. The lowest BCUT2D eigenvalue weighted by atomic mass is 10.0. The van der Waals surface area contributed by atoms with Crippen molar-refractivity contribution in [3.05, 3.63) is 71.4 Å². The highest BCUT2D eigenvalue weighted by Crippen LogP contribution is 2.36. The van der Waals surface area contributed by atoms with Crippen molar-refractivity contribution in [2.75, 3.05) is 36.2 Å². The number of carbonyl (C=O) groups is 1. The molecule has 0 spiro atoms. The lowest BCUT2D eigenvalue weighted by molar-refractivity contribution is 0.0925. The molecule has 0 aliphatic carbocycles. The first-order valence-corrected chi connectivity index (χ1v) is 14.3. The number of hydrogen-bond acceptors (Lipinski definition) is 9. The van der Waals surface area contributed by atoms with Crippen LogP contribution in [0.15, 0.2) is 53.1 Å². The monoisotopic (exact) mass is 533 g/mol. The SMILES string of the molecule is Cc1noc(C)c1-c1ccc2nc(C(=O)NC3CS(=O)(=O)C3)nc(N3CCOC[C@@H]3c3ccccc3)c2c1. The summed E-state index contributed by atoms with van der Waals surface area (Å²) in [5.74, 6) is 0.697. The second kappa shape index (κ2) is 9.48. The summed E-state index contributed by atoms with van der Waals surface area (Å²) < 4.78 is 34.4. The maximum Gasteiger partial charge on any atom is 0.289 e. The molecule has 1 amide bonds. The quantitative estimate of drug-likeness (QED) is 0.412. The van der Waals surface area contributed by atoms with E-state index in [2.05, 4.69) is 32.5 Å². The zero-order valence-corrected chi connectivity index (χ0v) is 21.9. The number of aryl methyl sites for hydroxylation is 2. The number of sulfone groups is 1. The minimum atomic E-state index is -3.08. The Kier molecular flexibility index (Phi) is 6.11. The standard InChI is InChI=1S/C27H27N5O5S/c1-16-24(17(2)37-31-16)19-8-9-22-21(12-19)26(30-25(29-22)27(33)28-20-14-38(34,35)15-20)32-10-11-36-13-23(32)18-6-4-3-5-7-18/h3-9,12,20,23H,10-11,13-15H2,1-2H3,(H,28,33)/t23-/m1/s1. The number of nitrogens with one attached hydrogen (secondary N) is 1. The van der Waals surface area contributed by atoms with Crippen molar-refractivity contribution in [3.63, 3.8) is 0 Å². The Labute approximate surface area is 219 Å². The Hall–Kier alpha value is -3.83. The average molecular weight is 534 g/mol. The fourth-order valence-corrected chi connectivity index (χ4v) is 6.48. The molecule has 0 unspecified atom stereocenters.